The van der Waals surface area contributed by atoms with Gasteiger partial charge in [-0.3, -0.25) is 20.3 Å². The Morgan fingerprint density at radius 2 is 1.95 bits per heavy atom. The molecule has 2 aromatic carbocycles. The number of benzene rings is 2. The number of carbonyl (C=O) groups excluding carboxylic acids is 1. The molecule has 0 fully saturated rings. The number of nitrogens with zero attached hydrogens (tertiary/aromatic N) is 3. The van der Waals surface area contributed by atoms with Crippen molar-refractivity contribution in [2.24, 2.45) is 5.73 Å². The van der Waals surface area contributed by atoms with Gasteiger partial charge in [0.1, 0.15) is 17.7 Å². The van der Waals surface area contributed by atoms with Gasteiger partial charge in [0.15, 0.2) is 23.1 Å². The minimum atomic E-state index is -0.989. The van der Waals surface area contributed by atoms with E-state index in [4.69, 9.17) is 25.4 Å². The molecule has 0 spiro atoms. The topological polar surface area (TPSA) is 186 Å². The second kappa shape index (κ2) is 11.3. The lowest BCUT2D eigenvalue weighted by Gasteiger charge is -2.20. The van der Waals surface area contributed by atoms with Gasteiger partial charge in [0.2, 0.25) is 0 Å². The van der Waals surface area contributed by atoms with Gasteiger partial charge >= 0.3 is 5.69 Å². The molecule has 2 heterocycles. The number of rotatable bonds is 12. The summed E-state index contributed by atoms with van der Waals surface area (Å²) in [4.78, 5) is 26.1. The maximum Gasteiger partial charge on any atom is 0.349 e. The number of aromatic nitrogens is 5. The van der Waals surface area contributed by atoms with Crippen LogP contribution < -0.4 is 26.2 Å². The summed E-state index contributed by atoms with van der Waals surface area (Å²) in [5, 5.41) is 21.8. The van der Waals surface area contributed by atoms with E-state index in [1.807, 2.05) is 0 Å². The molecule has 0 saturated carbocycles. The molecule has 0 amide bonds. The standard InChI is InChI=1S/C24H25FN8O5/c1-36-18-9-16(17(25)10-19(18)37-2)20(29-15-5-3-13(4-6-15)21(26)27)22-30-24(35)33(32-22)23-14(11-28-31-23)7-8-38-12-34/h3-6,9-12,20,29H,7-8H2,1-2H3,(H3,26,27)(H,28,31)(H,30,32,35). The predicted octanol–water partition coefficient (Wildman–Crippen LogP) is 1.64. The molecule has 0 aliphatic carbocycles. The van der Waals surface area contributed by atoms with Crippen molar-refractivity contribution in [3.63, 3.8) is 0 Å². The summed E-state index contributed by atoms with van der Waals surface area (Å²) in [6.07, 6.45) is 1.78. The van der Waals surface area contributed by atoms with Gasteiger partial charge in [-0.15, -0.1) is 5.10 Å². The molecule has 0 bridgehead atoms. The number of H-pyrrole nitrogens is 2. The molecule has 0 saturated heterocycles. The average molecular weight is 525 g/mol. The summed E-state index contributed by atoms with van der Waals surface area (Å²) in [6.45, 7) is 0.412. The highest BCUT2D eigenvalue weighted by Crippen LogP contribution is 2.35. The van der Waals surface area contributed by atoms with Gasteiger partial charge in [0.25, 0.3) is 6.47 Å². The molecule has 14 heteroatoms. The van der Waals surface area contributed by atoms with Crippen molar-refractivity contribution in [1.82, 2.24) is 25.0 Å². The molecule has 0 aliphatic heterocycles. The quantitative estimate of drug-likeness (QED) is 0.0795. The monoisotopic (exact) mass is 524 g/mol. The van der Waals surface area contributed by atoms with Gasteiger partial charge in [-0.1, -0.05) is 0 Å². The molecule has 6 N–H and O–H groups in total. The second-order valence-corrected chi connectivity index (χ2v) is 7.99. The van der Waals surface area contributed by atoms with Crippen LogP contribution in [0.25, 0.3) is 5.82 Å². The molecule has 1 unspecified atom stereocenters. The van der Waals surface area contributed by atoms with Gasteiger partial charge in [0, 0.05) is 34.9 Å². The molecule has 13 nitrogen and oxygen atoms in total. The number of hydrogen-bond donors (Lipinski definition) is 5. The Hall–Kier alpha value is -5.14. The van der Waals surface area contributed by atoms with E-state index in [1.54, 1.807) is 24.3 Å². The lowest BCUT2D eigenvalue weighted by atomic mass is 10.0. The SMILES string of the molecule is COc1cc(F)c(C(Nc2ccc(C(=N)N)cc2)c2nn(-c3[nH]ncc3CCOC=O)c(=O)[nH]2)cc1OC. The van der Waals surface area contributed by atoms with E-state index >= 15 is 4.39 Å². The zero-order valence-electron chi connectivity index (χ0n) is 20.4. The molecule has 198 valence electrons. The Labute approximate surface area is 215 Å². The number of carbonyl (C=O) groups is 1. The van der Waals surface area contributed by atoms with Crippen LogP contribution in [0.5, 0.6) is 11.5 Å². The Balaban J connectivity index is 1.79. The summed E-state index contributed by atoms with van der Waals surface area (Å²) in [5.41, 5.74) is 6.67. The number of halogens is 1. The first-order valence-corrected chi connectivity index (χ1v) is 11.3. The van der Waals surface area contributed by atoms with Crippen LogP contribution in [0.2, 0.25) is 0 Å². The van der Waals surface area contributed by atoms with Crippen molar-refractivity contribution >= 4 is 18.0 Å². The number of nitrogens with two attached hydrogens (primary N) is 1. The van der Waals surface area contributed by atoms with Crippen LogP contribution in [0.1, 0.15) is 28.6 Å². The summed E-state index contributed by atoms with van der Waals surface area (Å²) >= 11 is 0. The van der Waals surface area contributed by atoms with E-state index < -0.39 is 17.5 Å². The minimum Gasteiger partial charge on any atom is -0.493 e. The average Bonchev–Trinajstić information content (AvgIpc) is 3.53. The molecule has 4 rings (SSSR count). The van der Waals surface area contributed by atoms with Crippen LogP contribution in [0.4, 0.5) is 10.1 Å². The van der Waals surface area contributed by atoms with Crippen LogP contribution in [0.15, 0.2) is 47.4 Å². The number of hydrogen-bond acceptors (Lipinski definition) is 9. The largest absolute Gasteiger partial charge is 0.493 e. The normalized spacial score (nSPS) is 11.6. The van der Waals surface area contributed by atoms with E-state index in [1.165, 1.54) is 32.5 Å². The van der Waals surface area contributed by atoms with Crippen LogP contribution in [0.3, 0.4) is 0 Å². The van der Waals surface area contributed by atoms with Crippen molar-refractivity contribution < 1.29 is 23.4 Å². The maximum atomic E-state index is 15.4. The number of nitrogen functional groups attached to an aromatic ring is 1. The van der Waals surface area contributed by atoms with Gasteiger partial charge < -0.3 is 25.3 Å². The fourth-order valence-electron chi connectivity index (χ4n) is 3.81. The molecule has 1 atom stereocenters. The smallest absolute Gasteiger partial charge is 0.349 e. The summed E-state index contributed by atoms with van der Waals surface area (Å²) in [6, 6.07) is 8.23. The van der Waals surface area contributed by atoms with E-state index in [0.29, 0.717) is 23.3 Å². The lowest BCUT2D eigenvalue weighted by molar-refractivity contribution is -0.128. The second-order valence-electron chi connectivity index (χ2n) is 7.99. The van der Waals surface area contributed by atoms with Crippen LogP contribution in [-0.2, 0) is 16.0 Å². The van der Waals surface area contributed by atoms with Crippen LogP contribution in [0, 0.1) is 11.2 Å². The minimum absolute atomic E-state index is 0.0827. The Morgan fingerprint density at radius 3 is 2.61 bits per heavy atom. The molecule has 38 heavy (non-hydrogen) atoms. The van der Waals surface area contributed by atoms with Crippen molar-refractivity contribution in [3.8, 4) is 17.3 Å². The van der Waals surface area contributed by atoms with E-state index in [2.05, 4.69) is 25.6 Å². The van der Waals surface area contributed by atoms with Crippen molar-refractivity contribution in [1.29, 1.82) is 5.41 Å². The predicted molar refractivity (Wildman–Crippen MR) is 134 cm³/mol. The summed E-state index contributed by atoms with van der Waals surface area (Å²) < 4.78 is 31.7. The van der Waals surface area contributed by atoms with Gasteiger partial charge in [-0.05, 0) is 30.3 Å². The number of ether oxygens (including phenoxy) is 3. The molecular formula is C24H25FN8O5. The highest BCUT2D eigenvalue weighted by Gasteiger charge is 2.26. The van der Waals surface area contributed by atoms with Gasteiger partial charge in [-0.2, -0.15) is 9.78 Å². The third-order valence-electron chi connectivity index (χ3n) is 5.69. The zero-order chi connectivity index (χ0) is 27.2. The zero-order valence-corrected chi connectivity index (χ0v) is 20.4. The first kappa shape index (κ1) is 25.9. The Morgan fingerprint density at radius 1 is 1.24 bits per heavy atom. The third kappa shape index (κ3) is 5.33. The maximum absolute atomic E-state index is 15.4. The van der Waals surface area contributed by atoms with Gasteiger partial charge in [0.05, 0.1) is 27.0 Å². The number of amidine groups is 1. The fourth-order valence-corrected chi connectivity index (χ4v) is 3.81. The third-order valence-corrected chi connectivity index (χ3v) is 5.69. The summed E-state index contributed by atoms with van der Waals surface area (Å²) in [7, 11) is 2.82. The van der Waals surface area contributed by atoms with Crippen LogP contribution in [-0.4, -0.2) is 58.1 Å². The van der Waals surface area contributed by atoms with Crippen molar-refractivity contribution in [2.75, 3.05) is 26.1 Å². The van der Waals surface area contributed by atoms with Gasteiger partial charge in [-0.25, -0.2) is 9.18 Å². The highest BCUT2D eigenvalue weighted by atomic mass is 19.1. The molecule has 4 aromatic rings. The molecule has 0 radical (unpaired) electrons. The van der Waals surface area contributed by atoms with Crippen molar-refractivity contribution in [3.05, 3.63) is 81.4 Å². The number of nitrogens with one attached hydrogen (secondary N) is 4. The van der Waals surface area contributed by atoms with Crippen molar-refractivity contribution in [2.45, 2.75) is 12.5 Å². The Bertz CT molecular complexity index is 1490. The first-order chi connectivity index (χ1) is 18.4. The van der Waals surface area contributed by atoms with Crippen LogP contribution >= 0.6 is 0 Å². The molecule has 2 aromatic heterocycles. The number of methoxy groups -OCH3 is 2. The lowest BCUT2D eigenvalue weighted by Crippen LogP contribution is -2.18. The molecule has 0 aliphatic rings. The summed E-state index contributed by atoms with van der Waals surface area (Å²) in [5.74, 6) is 0.0818. The van der Waals surface area contributed by atoms with E-state index in [-0.39, 0.29) is 47.6 Å². The van der Waals surface area contributed by atoms with E-state index in [0.717, 1.165) is 4.68 Å². The Kier molecular flexibility index (Phi) is 7.70. The van der Waals surface area contributed by atoms with E-state index in [9.17, 15) is 9.59 Å². The number of aromatic amines is 2. The fraction of sp³-hybridized carbons (Fsp3) is 0.208. The highest BCUT2D eigenvalue weighted by molar-refractivity contribution is 5.95. The molecular weight excluding hydrogens is 499 g/mol. The first-order valence-electron chi connectivity index (χ1n) is 11.3. The number of anilines is 1.